The van der Waals surface area contributed by atoms with Gasteiger partial charge in [0.2, 0.25) is 18.4 Å². The van der Waals surface area contributed by atoms with Crippen LogP contribution in [0.1, 0.15) is 60.9 Å². The topological polar surface area (TPSA) is 118 Å². The van der Waals surface area contributed by atoms with Gasteiger partial charge in [-0.25, -0.2) is 4.79 Å². The number of aromatic amines is 1. The number of likely N-dealkylation sites (N-methyl/N-ethyl adjacent to an activating group) is 1. The second-order valence-electron chi connectivity index (χ2n) is 9.12. The minimum absolute atomic E-state index is 0.00140. The van der Waals surface area contributed by atoms with Gasteiger partial charge < -0.3 is 19.3 Å². The van der Waals surface area contributed by atoms with Crippen LogP contribution < -0.4 is 25.5 Å². The number of hydrogen-bond acceptors (Lipinski definition) is 8. The van der Waals surface area contributed by atoms with E-state index < -0.39 is 11.2 Å². The highest BCUT2D eigenvalue weighted by Gasteiger charge is 2.33. The van der Waals surface area contributed by atoms with Crippen LogP contribution >= 0.6 is 0 Å². The van der Waals surface area contributed by atoms with Crippen molar-refractivity contribution in [3.05, 3.63) is 43.6 Å². The normalized spacial score (nSPS) is 20.6. The molecule has 1 aromatic carbocycles. The number of methoxy groups -OCH3 is 1. The van der Waals surface area contributed by atoms with Crippen LogP contribution in [-0.2, 0) is 6.42 Å². The summed E-state index contributed by atoms with van der Waals surface area (Å²) in [4.78, 5) is 34.0. The molecule has 1 atom stereocenters. The molecule has 0 radical (unpaired) electrons. The Hall–Kier alpha value is -3.27. The van der Waals surface area contributed by atoms with Crippen LogP contribution in [0.4, 0.5) is 0 Å². The van der Waals surface area contributed by atoms with Crippen molar-refractivity contribution in [2.75, 3.05) is 34.0 Å². The fraction of sp³-hybridized carbons (Fsp3) is 0.542. The van der Waals surface area contributed by atoms with E-state index in [1.165, 1.54) is 10.8 Å². The molecule has 1 aromatic heterocycles. The molecular formula is C24H30N4O6. The second kappa shape index (κ2) is 9.17. The van der Waals surface area contributed by atoms with Crippen molar-refractivity contribution < 1.29 is 19.3 Å². The molecule has 0 spiro atoms. The van der Waals surface area contributed by atoms with E-state index in [1.807, 2.05) is 13.1 Å². The average Bonchev–Trinajstić information content (AvgIpc) is 3.30. The van der Waals surface area contributed by atoms with Crippen LogP contribution in [0.3, 0.4) is 0 Å². The van der Waals surface area contributed by atoms with Gasteiger partial charge in [-0.3, -0.25) is 24.2 Å². The van der Waals surface area contributed by atoms with Crippen LogP contribution in [0, 0.1) is 0 Å². The van der Waals surface area contributed by atoms with Crippen LogP contribution in [0.15, 0.2) is 20.6 Å². The quantitative estimate of drug-likeness (QED) is 0.643. The number of nitrogens with one attached hydrogen (secondary N) is 1. The Kier molecular flexibility index (Phi) is 6.07. The molecule has 1 saturated carbocycles. The van der Waals surface area contributed by atoms with Gasteiger partial charge in [0.05, 0.1) is 19.7 Å². The third kappa shape index (κ3) is 3.85. The largest absolute Gasteiger partial charge is 0.494 e. The zero-order valence-electron chi connectivity index (χ0n) is 19.5. The highest BCUT2D eigenvalue weighted by Crippen LogP contribution is 2.49. The molecular weight excluding hydrogens is 440 g/mol. The Labute approximate surface area is 196 Å². The first kappa shape index (κ1) is 22.5. The molecule has 34 heavy (non-hydrogen) atoms. The predicted octanol–water partition coefficient (Wildman–Crippen LogP) is 2.13. The number of aromatic nitrogens is 2. The first-order chi connectivity index (χ1) is 16.5. The van der Waals surface area contributed by atoms with Crippen LogP contribution in [-0.4, -0.2) is 59.8 Å². The lowest BCUT2D eigenvalue weighted by molar-refractivity contribution is 0.170. The van der Waals surface area contributed by atoms with E-state index >= 15 is 0 Å². The monoisotopic (exact) mass is 470 g/mol. The first-order valence-electron chi connectivity index (χ1n) is 11.8. The molecule has 3 aliphatic rings. The number of aromatic hydroxyl groups is 1. The molecule has 3 heterocycles. The Morgan fingerprint density at radius 1 is 1.26 bits per heavy atom. The molecule has 0 bridgehead atoms. The van der Waals surface area contributed by atoms with E-state index in [1.54, 1.807) is 7.11 Å². The Balaban J connectivity index is 1.46. The van der Waals surface area contributed by atoms with E-state index in [0.717, 1.165) is 56.2 Å². The van der Waals surface area contributed by atoms with Gasteiger partial charge in [-0.15, -0.1) is 0 Å². The molecule has 1 fully saturated rings. The maximum absolute atomic E-state index is 12.5. The number of aliphatic imine (C=N–C) groups is 1. The van der Waals surface area contributed by atoms with Gasteiger partial charge in [0.1, 0.15) is 5.56 Å². The van der Waals surface area contributed by atoms with Crippen molar-refractivity contribution in [3.63, 3.8) is 0 Å². The number of ether oxygens (including phenoxy) is 3. The van der Waals surface area contributed by atoms with E-state index in [0.29, 0.717) is 23.8 Å². The van der Waals surface area contributed by atoms with Crippen LogP contribution in [0.25, 0.3) is 0 Å². The number of fused-ring (bicyclic) bond motifs is 2. The summed E-state index contributed by atoms with van der Waals surface area (Å²) in [6.07, 6.45) is 6.91. The molecule has 0 amide bonds. The number of rotatable bonds is 5. The number of benzene rings is 1. The van der Waals surface area contributed by atoms with Crippen molar-refractivity contribution in [2.45, 2.75) is 50.6 Å². The van der Waals surface area contributed by atoms with Gasteiger partial charge >= 0.3 is 5.69 Å². The molecule has 182 valence electrons. The first-order valence-corrected chi connectivity index (χ1v) is 11.8. The van der Waals surface area contributed by atoms with E-state index in [-0.39, 0.29) is 30.3 Å². The fourth-order valence-electron chi connectivity index (χ4n) is 5.35. The Morgan fingerprint density at radius 3 is 2.82 bits per heavy atom. The molecule has 0 saturated heterocycles. The van der Waals surface area contributed by atoms with Crippen LogP contribution in [0.5, 0.6) is 23.1 Å². The molecule has 10 heteroatoms. The summed E-state index contributed by atoms with van der Waals surface area (Å²) in [6, 6.07) is 1.77. The van der Waals surface area contributed by atoms with Gasteiger partial charge in [0.25, 0.3) is 5.56 Å². The van der Waals surface area contributed by atoms with E-state index in [9.17, 15) is 14.7 Å². The molecule has 2 aliphatic heterocycles. The summed E-state index contributed by atoms with van der Waals surface area (Å²) < 4.78 is 18.2. The smallest absolute Gasteiger partial charge is 0.331 e. The Bertz CT molecular complexity index is 1230. The van der Waals surface area contributed by atoms with Crippen molar-refractivity contribution in [3.8, 4) is 23.1 Å². The lowest BCUT2D eigenvalue weighted by Gasteiger charge is -2.35. The van der Waals surface area contributed by atoms with Crippen molar-refractivity contribution in [1.82, 2.24) is 14.5 Å². The van der Waals surface area contributed by atoms with E-state index in [2.05, 4.69) is 14.9 Å². The van der Waals surface area contributed by atoms with Gasteiger partial charge in [-0.05, 0) is 37.9 Å². The summed E-state index contributed by atoms with van der Waals surface area (Å²) in [5.41, 5.74) is 0.889. The standard InChI is InChI=1S/C24H30N4O6/c1-27-9-8-14-10-18-20(34-13-33-18)21(32-2)19(14)17(27)12-25-11-16-22(29)26-24(31)28(23(16)30)15-6-4-3-5-7-15/h10-11,15,17,30H,3-9,12-13H2,1-2H3,(H,26,29,31)/t17-/m1/s1. The van der Waals surface area contributed by atoms with Crippen LogP contribution in [0.2, 0.25) is 0 Å². The highest BCUT2D eigenvalue weighted by atomic mass is 16.7. The SMILES string of the molecule is COc1c2c(cc3c1[C@@H](CN=Cc1c(O)n(C4CCCCC4)c(=O)[nH]c1=O)N(C)CC3)OCO2. The van der Waals surface area contributed by atoms with Gasteiger partial charge in [0.15, 0.2) is 11.5 Å². The van der Waals surface area contributed by atoms with E-state index in [4.69, 9.17) is 14.2 Å². The summed E-state index contributed by atoms with van der Waals surface area (Å²) >= 11 is 0. The summed E-state index contributed by atoms with van der Waals surface area (Å²) in [6.45, 7) is 1.32. The maximum atomic E-state index is 12.5. The zero-order valence-corrected chi connectivity index (χ0v) is 19.5. The third-order valence-electron chi connectivity index (χ3n) is 7.14. The van der Waals surface area contributed by atoms with Crippen molar-refractivity contribution in [1.29, 1.82) is 0 Å². The summed E-state index contributed by atoms with van der Waals surface area (Å²) in [5.74, 6) is 1.61. The zero-order chi connectivity index (χ0) is 23.8. The average molecular weight is 471 g/mol. The lowest BCUT2D eigenvalue weighted by Crippen LogP contribution is -2.35. The van der Waals surface area contributed by atoms with Gasteiger partial charge in [-0.1, -0.05) is 19.3 Å². The van der Waals surface area contributed by atoms with Gasteiger partial charge in [-0.2, -0.15) is 0 Å². The maximum Gasteiger partial charge on any atom is 0.331 e. The minimum Gasteiger partial charge on any atom is -0.494 e. The number of H-pyrrole nitrogens is 1. The second-order valence-corrected chi connectivity index (χ2v) is 9.12. The molecule has 1 aliphatic carbocycles. The molecule has 10 nitrogen and oxygen atoms in total. The third-order valence-corrected chi connectivity index (χ3v) is 7.14. The molecule has 2 N–H and O–H groups in total. The lowest BCUT2D eigenvalue weighted by atomic mass is 9.91. The molecule has 2 aromatic rings. The Morgan fingerprint density at radius 2 is 2.06 bits per heavy atom. The van der Waals surface area contributed by atoms with Gasteiger partial charge in [0, 0.05) is 24.4 Å². The number of nitrogens with zero attached hydrogens (tertiary/aromatic N) is 3. The molecule has 0 unspecified atom stereocenters. The number of hydrogen-bond donors (Lipinski definition) is 2. The fourth-order valence-corrected chi connectivity index (χ4v) is 5.35. The summed E-state index contributed by atoms with van der Waals surface area (Å²) in [7, 11) is 3.62. The molecule has 5 rings (SSSR count). The summed E-state index contributed by atoms with van der Waals surface area (Å²) in [5, 5.41) is 10.8. The van der Waals surface area contributed by atoms with Crippen molar-refractivity contribution >= 4 is 6.21 Å². The minimum atomic E-state index is -0.642. The highest BCUT2D eigenvalue weighted by molar-refractivity contribution is 5.82. The van der Waals surface area contributed by atoms with Crippen molar-refractivity contribution in [2.24, 2.45) is 4.99 Å². The predicted molar refractivity (Wildman–Crippen MR) is 126 cm³/mol.